The first-order valence-corrected chi connectivity index (χ1v) is 9.15. The maximum atomic E-state index is 11.1. The molecule has 2 N–H and O–H groups in total. The number of hydrogen-bond acceptors (Lipinski definition) is 8. The van der Waals surface area contributed by atoms with Crippen molar-refractivity contribution >= 4 is 68.4 Å². The number of thiol groups is 1. The van der Waals surface area contributed by atoms with Gasteiger partial charge in [-0.2, -0.15) is 16.2 Å². The van der Waals surface area contributed by atoms with Crippen molar-refractivity contribution in [2.24, 2.45) is 0 Å². The van der Waals surface area contributed by atoms with Crippen LogP contribution in [0.3, 0.4) is 0 Å². The first-order valence-electron chi connectivity index (χ1n) is 6.13. The van der Waals surface area contributed by atoms with Crippen LogP contribution in [-0.4, -0.2) is 26.2 Å². The van der Waals surface area contributed by atoms with E-state index in [2.05, 4.69) is 45.2 Å². The fourth-order valence-electron chi connectivity index (χ4n) is 1.68. The van der Waals surface area contributed by atoms with E-state index < -0.39 is 0 Å². The fourth-order valence-corrected chi connectivity index (χ4v) is 3.37. The minimum atomic E-state index is -0.209. The van der Waals surface area contributed by atoms with Gasteiger partial charge in [-0.25, -0.2) is 0 Å². The molecular formula is C13H11KN4O2S4. The molecule has 0 aliphatic rings. The summed E-state index contributed by atoms with van der Waals surface area (Å²) in [4.78, 5) is 35.0. The number of nitrogens with one attached hydrogen (secondary N) is 2. The van der Waals surface area contributed by atoms with Crippen molar-refractivity contribution in [3.8, 4) is 0 Å². The summed E-state index contributed by atoms with van der Waals surface area (Å²) < 4.78 is 1.35. The van der Waals surface area contributed by atoms with Crippen molar-refractivity contribution in [1.29, 1.82) is 0 Å². The second-order valence-electron chi connectivity index (χ2n) is 3.90. The summed E-state index contributed by atoms with van der Waals surface area (Å²) in [5.74, 6) is 0. The quantitative estimate of drug-likeness (QED) is 0.153. The third-order valence-corrected chi connectivity index (χ3v) is 4.59. The Kier molecular flexibility index (Phi) is 10.0. The molecule has 0 radical (unpaired) electrons. The number of nitrogens with zero attached hydrogens (tertiary/aromatic N) is 2. The number of thiophene rings is 2. The van der Waals surface area contributed by atoms with Crippen LogP contribution in [-0.2, 0) is 12.6 Å². The van der Waals surface area contributed by atoms with E-state index in [-0.39, 0.29) is 62.5 Å². The summed E-state index contributed by atoms with van der Waals surface area (Å²) in [6.07, 6.45) is 3.00. The van der Waals surface area contributed by atoms with E-state index in [0.29, 0.717) is 14.6 Å². The smallest absolute Gasteiger partial charge is 0.796 e. The molecule has 0 atom stereocenters. The van der Waals surface area contributed by atoms with Crippen molar-refractivity contribution in [3.05, 3.63) is 49.9 Å². The second-order valence-corrected chi connectivity index (χ2v) is 6.16. The number of H-pyrrole nitrogens is 2. The van der Waals surface area contributed by atoms with Gasteiger partial charge in [0.15, 0.2) is 5.16 Å². The third-order valence-electron chi connectivity index (χ3n) is 2.57. The van der Waals surface area contributed by atoms with Crippen LogP contribution in [0.5, 0.6) is 0 Å². The van der Waals surface area contributed by atoms with Crippen LogP contribution < -0.4 is 62.5 Å². The second kappa shape index (κ2) is 10.9. The van der Waals surface area contributed by atoms with Crippen molar-refractivity contribution in [2.75, 3.05) is 6.26 Å². The molecule has 0 aliphatic carbocycles. The van der Waals surface area contributed by atoms with E-state index in [1.54, 1.807) is 6.26 Å². The van der Waals surface area contributed by atoms with Crippen LogP contribution >= 0.6 is 35.3 Å². The van der Waals surface area contributed by atoms with Gasteiger partial charge in [-0.3, -0.25) is 9.59 Å². The van der Waals surface area contributed by atoms with Crippen LogP contribution in [0.1, 0.15) is 0 Å². The maximum absolute atomic E-state index is 11.1. The topological polar surface area (TPSA) is 91.5 Å². The van der Waals surface area contributed by atoms with Crippen LogP contribution in [0.15, 0.2) is 44.0 Å². The minimum Gasteiger partial charge on any atom is -0.796 e. The van der Waals surface area contributed by atoms with E-state index in [4.69, 9.17) is 0 Å². The van der Waals surface area contributed by atoms with Gasteiger partial charge in [-0.1, -0.05) is 0 Å². The third kappa shape index (κ3) is 5.51. The van der Waals surface area contributed by atoms with Gasteiger partial charge in [-0.15, -0.1) is 35.3 Å². The number of aromatic amines is 2. The molecule has 0 amide bonds. The maximum Gasteiger partial charge on any atom is 1.00 e. The van der Waals surface area contributed by atoms with Gasteiger partial charge in [0.1, 0.15) is 9.40 Å². The summed E-state index contributed by atoms with van der Waals surface area (Å²) in [7, 11) is 0. The molecule has 0 bridgehead atoms. The molecule has 0 aliphatic heterocycles. The van der Waals surface area contributed by atoms with Crippen molar-refractivity contribution in [2.45, 2.75) is 5.16 Å². The SMILES string of the molecule is C[S-].O=c1nc(S)[nH]c2ccsc12.O=c1nc[nH]c2ccsc12.[K+]. The Morgan fingerprint density at radius 2 is 1.62 bits per heavy atom. The van der Waals surface area contributed by atoms with E-state index in [9.17, 15) is 9.59 Å². The summed E-state index contributed by atoms with van der Waals surface area (Å²) in [6, 6.07) is 3.70. The average molecular weight is 423 g/mol. The van der Waals surface area contributed by atoms with Gasteiger partial charge in [0.25, 0.3) is 11.1 Å². The molecule has 4 aromatic rings. The molecule has 6 nitrogen and oxygen atoms in total. The zero-order valence-electron chi connectivity index (χ0n) is 12.8. The monoisotopic (exact) mass is 422 g/mol. The van der Waals surface area contributed by atoms with Crippen LogP contribution in [0.2, 0.25) is 0 Å². The summed E-state index contributed by atoms with van der Waals surface area (Å²) in [6.45, 7) is 0. The Hall–Kier alpha value is 0.0164. The summed E-state index contributed by atoms with van der Waals surface area (Å²) in [5, 5.41) is 4.07. The van der Waals surface area contributed by atoms with Crippen molar-refractivity contribution < 1.29 is 51.4 Å². The normalized spacial score (nSPS) is 9.46. The molecule has 0 unspecified atom stereocenters. The molecule has 11 heteroatoms. The fraction of sp³-hybridized carbons (Fsp3) is 0.0769. The molecule has 120 valence electrons. The average Bonchev–Trinajstić information content (AvgIpc) is 3.19. The molecule has 0 fully saturated rings. The number of fused-ring (bicyclic) bond motifs is 2. The van der Waals surface area contributed by atoms with Gasteiger partial charge in [0.05, 0.1) is 17.4 Å². The number of hydrogen-bond donors (Lipinski definition) is 3. The first-order chi connectivity index (χ1) is 11.1. The first kappa shape index (κ1) is 22.1. The Morgan fingerprint density at radius 1 is 1.04 bits per heavy atom. The Morgan fingerprint density at radius 3 is 2.25 bits per heavy atom. The standard InChI is InChI=1S/C6H4N2OS2.C6H4N2OS.CH4S.K/c9-5-4-3(1-2-11-4)7-6(10)8-5;9-6-5-4(1-2-10-5)7-3-8-6;1-2;/h1-2H,(H2,7,8,9,10);1-3H,(H,7,8,9);2H,1H3;/q;;;+1/p-1. The molecule has 4 aromatic heterocycles. The summed E-state index contributed by atoms with van der Waals surface area (Å²) in [5.41, 5.74) is 1.31. The zero-order chi connectivity index (χ0) is 16.8. The van der Waals surface area contributed by atoms with E-state index >= 15 is 0 Å². The largest absolute Gasteiger partial charge is 1.00 e. The molecular weight excluding hydrogens is 412 g/mol. The predicted molar refractivity (Wildman–Crippen MR) is 101 cm³/mol. The molecule has 24 heavy (non-hydrogen) atoms. The Balaban J connectivity index is 0.000000211. The Labute approximate surface area is 198 Å². The van der Waals surface area contributed by atoms with E-state index in [1.165, 1.54) is 29.0 Å². The predicted octanol–water partition coefficient (Wildman–Crippen LogP) is -0.575. The van der Waals surface area contributed by atoms with Crippen LogP contribution in [0, 0.1) is 0 Å². The van der Waals surface area contributed by atoms with Crippen molar-refractivity contribution in [1.82, 2.24) is 19.9 Å². The molecule has 0 saturated carbocycles. The van der Waals surface area contributed by atoms with Crippen LogP contribution in [0.25, 0.3) is 20.4 Å². The van der Waals surface area contributed by atoms with Crippen LogP contribution in [0.4, 0.5) is 0 Å². The Bertz CT molecular complexity index is 1020. The molecule has 0 spiro atoms. The number of aromatic nitrogens is 4. The van der Waals surface area contributed by atoms with Gasteiger partial charge in [0, 0.05) is 0 Å². The summed E-state index contributed by atoms with van der Waals surface area (Å²) >= 11 is 10.8. The molecule has 0 saturated heterocycles. The van der Waals surface area contributed by atoms with Gasteiger partial charge >= 0.3 is 51.4 Å². The molecule has 4 heterocycles. The van der Waals surface area contributed by atoms with E-state index in [1.807, 2.05) is 22.9 Å². The van der Waals surface area contributed by atoms with E-state index in [0.717, 1.165) is 11.0 Å². The van der Waals surface area contributed by atoms with Gasteiger partial charge in [0.2, 0.25) is 0 Å². The van der Waals surface area contributed by atoms with Gasteiger partial charge < -0.3 is 22.6 Å². The minimum absolute atomic E-state index is 0. The van der Waals surface area contributed by atoms with Crippen molar-refractivity contribution in [3.63, 3.8) is 0 Å². The van der Waals surface area contributed by atoms with Gasteiger partial charge in [-0.05, 0) is 22.9 Å². The zero-order valence-corrected chi connectivity index (χ0v) is 19.2. The molecule has 4 rings (SSSR count). The number of rotatable bonds is 0. The molecule has 0 aromatic carbocycles.